The number of carbonyl (C=O) groups is 1. The number of ether oxygens (including phenoxy) is 2. The molecule has 1 atom stereocenters. The molecule has 0 radical (unpaired) electrons. The molecule has 7 nitrogen and oxygen atoms in total. The summed E-state index contributed by atoms with van der Waals surface area (Å²) in [5, 5.41) is 9.57. The molecule has 3 rings (SSSR count). The van der Waals surface area contributed by atoms with Gasteiger partial charge in [0.15, 0.2) is 0 Å². The van der Waals surface area contributed by atoms with Crippen molar-refractivity contribution in [3.63, 3.8) is 0 Å². The summed E-state index contributed by atoms with van der Waals surface area (Å²) in [6, 6.07) is 4.12. The predicted molar refractivity (Wildman–Crippen MR) is 97.1 cm³/mol. The largest absolute Gasteiger partial charge is 0.480 e. The van der Waals surface area contributed by atoms with E-state index in [2.05, 4.69) is 16.0 Å². The SMILES string of the molecule is COCCN1C[C@@]2(CCCN(c3ccnc(OC)c3C#N)C2)CCC1=O. The van der Waals surface area contributed by atoms with Crippen molar-refractivity contribution in [3.05, 3.63) is 17.8 Å². The summed E-state index contributed by atoms with van der Waals surface area (Å²) >= 11 is 0. The minimum atomic E-state index is 0.0726. The minimum Gasteiger partial charge on any atom is -0.480 e. The maximum Gasteiger partial charge on any atom is 0.233 e. The molecule has 0 aliphatic carbocycles. The summed E-state index contributed by atoms with van der Waals surface area (Å²) in [5.41, 5.74) is 1.43. The van der Waals surface area contributed by atoms with E-state index in [0.29, 0.717) is 31.0 Å². The molecule has 2 aliphatic heterocycles. The number of carbonyl (C=O) groups excluding carboxylic acids is 1. The standard InChI is InChI=1S/C19H26N4O3/c1-25-11-10-23-14-19(7-4-17(23)24)6-3-9-22(13-19)16-5-8-21-18(26-2)15(16)12-20/h5,8H,3-4,6-7,9-11,13-14H2,1-2H3/t19-/m0/s1. The van der Waals surface area contributed by atoms with E-state index in [1.54, 1.807) is 13.3 Å². The van der Waals surface area contributed by atoms with E-state index < -0.39 is 0 Å². The minimum absolute atomic E-state index is 0.0726. The first-order valence-corrected chi connectivity index (χ1v) is 9.07. The third-order valence-electron chi connectivity index (χ3n) is 5.51. The second-order valence-corrected chi connectivity index (χ2v) is 7.16. The third kappa shape index (κ3) is 3.61. The van der Waals surface area contributed by atoms with Crippen LogP contribution in [0.1, 0.15) is 31.2 Å². The van der Waals surface area contributed by atoms with Crippen molar-refractivity contribution in [2.75, 3.05) is 51.9 Å². The highest BCUT2D eigenvalue weighted by Crippen LogP contribution is 2.41. The van der Waals surface area contributed by atoms with Gasteiger partial charge in [-0.2, -0.15) is 5.26 Å². The molecule has 0 bridgehead atoms. The van der Waals surface area contributed by atoms with Crippen LogP contribution in [0, 0.1) is 16.7 Å². The number of nitriles is 1. The highest BCUT2D eigenvalue weighted by atomic mass is 16.5. The number of rotatable bonds is 5. The molecule has 2 aliphatic rings. The van der Waals surface area contributed by atoms with Crippen LogP contribution >= 0.6 is 0 Å². The molecule has 3 heterocycles. The van der Waals surface area contributed by atoms with Crippen molar-refractivity contribution in [2.24, 2.45) is 5.41 Å². The molecular formula is C19H26N4O3. The van der Waals surface area contributed by atoms with Gasteiger partial charge < -0.3 is 19.3 Å². The number of methoxy groups -OCH3 is 2. The normalized spacial score (nSPS) is 23.2. The Bertz CT molecular complexity index is 703. The van der Waals surface area contributed by atoms with E-state index in [1.165, 1.54) is 7.11 Å². The number of nitrogens with zero attached hydrogens (tertiary/aromatic N) is 4. The highest BCUT2D eigenvalue weighted by Gasteiger charge is 2.42. The first-order valence-electron chi connectivity index (χ1n) is 9.07. The number of hydrogen-bond acceptors (Lipinski definition) is 6. The van der Waals surface area contributed by atoms with Gasteiger partial charge in [0.1, 0.15) is 11.6 Å². The number of pyridine rings is 1. The van der Waals surface area contributed by atoms with Crippen LogP contribution in [0.25, 0.3) is 0 Å². The first kappa shape index (κ1) is 18.5. The van der Waals surface area contributed by atoms with Crippen molar-refractivity contribution < 1.29 is 14.3 Å². The van der Waals surface area contributed by atoms with Crippen molar-refractivity contribution in [3.8, 4) is 11.9 Å². The zero-order chi connectivity index (χ0) is 18.6. The second-order valence-electron chi connectivity index (χ2n) is 7.16. The van der Waals surface area contributed by atoms with E-state index in [-0.39, 0.29) is 11.3 Å². The maximum absolute atomic E-state index is 12.3. The molecule has 0 N–H and O–H groups in total. The number of amides is 1. The Morgan fingerprint density at radius 1 is 1.35 bits per heavy atom. The Labute approximate surface area is 154 Å². The van der Waals surface area contributed by atoms with Crippen molar-refractivity contribution in [2.45, 2.75) is 25.7 Å². The molecule has 140 valence electrons. The lowest BCUT2D eigenvalue weighted by Crippen LogP contribution is -2.54. The molecule has 26 heavy (non-hydrogen) atoms. The monoisotopic (exact) mass is 358 g/mol. The second kappa shape index (κ2) is 7.92. The Hall–Kier alpha value is -2.33. The average Bonchev–Trinajstić information content (AvgIpc) is 2.68. The molecule has 1 aromatic heterocycles. The molecule has 7 heteroatoms. The van der Waals surface area contributed by atoms with Gasteiger partial charge in [0.05, 0.1) is 19.4 Å². The fraction of sp³-hybridized carbons (Fsp3) is 0.632. The first-order chi connectivity index (χ1) is 12.6. The van der Waals surface area contributed by atoms with E-state index in [1.807, 2.05) is 11.0 Å². The molecule has 0 saturated carbocycles. The van der Waals surface area contributed by atoms with Crippen LogP contribution in [-0.2, 0) is 9.53 Å². The number of hydrogen-bond donors (Lipinski definition) is 0. The topological polar surface area (TPSA) is 78.7 Å². The molecular weight excluding hydrogens is 332 g/mol. The maximum atomic E-state index is 12.3. The van der Waals surface area contributed by atoms with Crippen molar-refractivity contribution >= 4 is 11.6 Å². The van der Waals surface area contributed by atoms with Crippen LogP contribution in [0.2, 0.25) is 0 Å². The summed E-state index contributed by atoms with van der Waals surface area (Å²) in [4.78, 5) is 20.6. The zero-order valence-electron chi connectivity index (χ0n) is 15.5. The van der Waals surface area contributed by atoms with E-state index in [4.69, 9.17) is 9.47 Å². The van der Waals surface area contributed by atoms with Gasteiger partial charge in [-0.1, -0.05) is 0 Å². The smallest absolute Gasteiger partial charge is 0.233 e. The van der Waals surface area contributed by atoms with E-state index in [9.17, 15) is 10.1 Å². The zero-order valence-corrected chi connectivity index (χ0v) is 15.5. The molecule has 1 aromatic rings. The quantitative estimate of drug-likeness (QED) is 0.799. The molecule has 0 unspecified atom stereocenters. The molecule has 1 amide bonds. The van der Waals surface area contributed by atoms with Gasteiger partial charge in [0, 0.05) is 51.3 Å². The lowest BCUT2D eigenvalue weighted by atomic mass is 9.73. The van der Waals surface area contributed by atoms with Crippen LogP contribution in [-0.4, -0.2) is 62.8 Å². The molecule has 0 aromatic carbocycles. The number of aromatic nitrogens is 1. The van der Waals surface area contributed by atoms with Crippen LogP contribution in [0.4, 0.5) is 5.69 Å². The highest BCUT2D eigenvalue weighted by molar-refractivity contribution is 5.77. The van der Waals surface area contributed by atoms with Gasteiger partial charge in [-0.3, -0.25) is 4.79 Å². The van der Waals surface area contributed by atoms with E-state index in [0.717, 1.165) is 44.6 Å². The van der Waals surface area contributed by atoms with Crippen molar-refractivity contribution in [1.82, 2.24) is 9.88 Å². The molecule has 2 fully saturated rings. The number of anilines is 1. The summed E-state index contributed by atoms with van der Waals surface area (Å²) in [6.07, 6.45) is 5.32. The summed E-state index contributed by atoms with van der Waals surface area (Å²) < 4.78 is 10.4. The third-order valence-corrected chi connectivity index (χ3v) is 5.51. The van der Waals surface area contributed by atoms with Crippen LogP contribution in [0.3, 0.4) is 0 Å². The molecule has 1 spiro atoms. The Morgan fingerprint density at radius 2 is 2.19 bits per heavy atom. The van der Waals surface area contributed by atoms with Gasteiger partial charge >= 0.3 is 0 Å². The molecule has 2 saturated heterocycles. The van der Waals surface area contributed by atoms with Crippen LogP contribution in [0.15, 0.2) is 12.3 Å². The fourth-order valence-electron chi connectivity index (χ4n) is 4.21. The average molecular weight is 358 g/mol. The number of piperidine rings is 2. The lowest BCUT2D eigenvalue weighted by Gasteiger charge is -2.49. The summed E-state index contributed by atoms with van der Waals surface area (Å²) in [7, 11) is 3.19. The Kier molecular flexibility index (Phi) is 5.62. The summed E-state index contributed by atoms with van der Waals surface area (Å²) in [5.74, 6) is 0.582. The van der Waals surface area contributed by atoms with Crippen molar-refractivity contribution in [1.29, 1.82) is 5.26 Å². The summed E-state index contributed by atoms with van der Waals surface area (Å²) in [6.45, 7) is 3.70. The van der Waals surface area contributed by atoms with Gasteiger partial charge in [-0.05, 0) is 25.3 Å². The predicted octanol–water partition coefficient (Wildman–Crippen LogP) is 1.82. The van der Waals surface area contributed by atoms with Gasteiger partial charge in [0.25, 0.3) is 0 Å². The van der Waals surface area contributed by atoms with Gasteiger partial charge in [-0.25, -0.2) is 4.98 Å². The lowest BCUT2D eigenvalue weighted by molar-refractivity contribution is -0.138. The van der Waals surface area contributed by atoms with Gasteiger partial charge in [-0.15, -0.1) is 0 Å². The Morgan fingerprint density at radius 3 is 2.92 bits per heavy atom. The van der Waals surface area contributed by atoms with Gasteiger partial charge in [0.2, 0.25) is 11.8 Å². The number of likely N-dealkylation sites (tertiary alicyclic amines) is 1. The van der Waals surface area contributed by atoms with E-state index >= 15 is 0 Å². The van der Waals surface area contributed by atoms with Crippen LogP contribution in [0.5, 0.6) is 5.88 Å². The Balaban J connectivity index is 1.81. The fourth-order valence-corrected chi connectivity index (χ4v) is 4.21. The van der Waals surface area contributed by atoms with Crippen LogP contribution < -0.4 is 9.64 Å².